The number of methoxy groups -OCH3 is 1. The summed E-state index contributed by atoms with van der Waals surface area (Å²) < 4.78 is 78.5. The first-order valence-corrected chi connectivity index (χ1v) is 11.8. The van der Waals surface area contributed by atoms with Crippen LogP contribution < -0.4 is 24.3 Å². The topological polar surface area (TPSA) is 99.1 Å². The monoisotopic (exact) mass is 548 g/mol. The van der Waals surface area contributed by atoms with E-state index in [2.05, 4.69) is 10.3 Å². The number of aromatic nitrogens is 1. The molecule has 206 valence electrons. The van der Waals surface area contributed by atoms with Gasteiger partial charge in [0.05, 0.1) is 26.0 Å². The van der Waals surface area contributed by atoms with E-state index in [1.165, 1.54) is 31.4 Å². The highest BCUT2D eigenvalue weighted by Crippen LogP contribution is 2.47. The SMILES string of the molecule is COc1cc(C(=O)NC[C@](O)(c2cc3c(c(-c4ccc(F)cc4)n2)OCC3(C)C)C(F)(F)F)cc2c1OCO2. The first-order valence-electron chi connectivity index (χ1n) is 11.8. The normalized spacial score (nSPS) is 16.7. The Balaban J connectivity index is 1.54. The minimum atomic E-state index is -5.24. The molecule has 0 aliphatic carbocycles. The molecular weight excluding hydrogens is 524 g/mol. The largest absolute Gasteiger partial charge is 0.493 e. The van der Waals surface area contributed by atoms with Gasteiger partial charge in [-0.05, 0) is 42.5 Å². The number of nitrogens with one attached hydrogen (secondary N) is 1. The van der Waals surface area contributed by atoms with Crippen LogP contribution in [-0.4, -0.2) is 49.2 Å². The van der Waals surface area contributed by atoms with Crippen LogP contribution in [0.2, 0.25) is 0 Å². The predicted molar refractivity (Wildman–Crippen MR) is 130 cm³/mol. The van der Waals surface area contributed by atoms with E-state index in [0.717, 1.165) is 18.2 Å². The van der Waals surface area contributed by atoms with Crippen LogP contribution in [0, 0.1) is 5.82 Å². The number of pyridine rings is 1. The van der Waals surface area contributed by atoms with E-state index >= 15 is 0 Å². The fourth-order valence-electron chi connectivity index (χ4n) is 4.43. The molecular formula is C27H24F4N2O6. The highest BCUT2D eigenvalue weighted by Gasteiger charge is 2.57. The zero-order valence-corrected chi connectivity index (χ0v) is 21.1. The second-order valence-electron chi connectivity index (χ2n) is 9.87. The van der Waals surface area contributed by atoms with Gasteiger partial charge in [-0.1, -0.05) is 13.8 Å². The van der Waals surface area contributed by atoms with E-state index in [1.54, 1.807) is 13.8 Å². The van der Waals surface area contributed by atoms with Gasteiger partial charge in [0.15, 0.2) is 11.5 Å². The average molecular weight is 548 g/mol. The molecule has 3 heterocycles. The number of hydrogen-bond acceptors (Lipinski definition) is 7. The number of hydrogen-bond donors (Lipinski definition) is 2. The molecule has 5 rings (SSSR count). The average Bonchev–Trinajstić information content (AvgIpc) is 3.49. The molecule has 0 fully saturated rings. The summed E-state index contributed by atoms with van der Waals surface area (Å²) in [5.41, 5.74) is -4.39. The molecule has 2 aromatic carbocycles. The number of alkyl halides is 3. The van der Waals surface area contributed by atoms with Crippen LogP contribution in [0.1, 0.15) is 35.5 Å². The first kappa shape index (κ1) is 26.5. The summed E-state index contributed by atoms with van der Waals surface area (Å²) >= 11 is 0. The Bertz CT molecular complexity index is 1440. The standard InChI is InChI=1S/C27H24F4N2O6/c1-25(2)12-37-22-17(25)10-20(33-21(22)14-4-6-16(28)7-5-14)26(35,27(29,30)31)11-32-24(34)15-8-18(36-3)23-19(9-15)38-13-39-23/h4-10,35H,11-13H2,1-3H3,(H,32,34)/t26-/m0/s1. The van der Waals surface area contributed by atoms with E-state index in [4.69, 9.17) is 18.9 Å². The second-order valence-corrected chi connectivity index (χ2v) is 9.87. The van der Waals surface area contributed by atoms with Gasteiger partial charge in [0, 0.05) is 22.1 Å². The Hall–Kier alpha value is -4.06. The first-order chi connectivity index (χ1) is 18.3. The van der Waals surface area contributed by atoms with Gasteiger partial charge in [0.2, 0.25) is 18.1 Å². The summed E-state index contributed by atoms with van der Waals surface area (Å²) in [6.45, 7) is 2.36. The lowest BCUT2D eigenvalue weighted by atomic mass is 9.84. The molecule has 2 aliphatic rings. The van der Waals surface area contributed by atoms with E-state index in [0.29, 0.717) is 11.1 Å². The van der Waals surface area contributed by atoms with Crippen molar-refractivity contribution in [2.45, 2.75) is 31.0 Å². The third-order valence-electron chi connectivity index (χ3n) is 6.72. The van der Waals surface area contributed by atoms with Crippen LogP contribution in [-0.2, 0) is 11.0 Å². The summed E-state index contributed by atoms with van der Waals surface area (Å²) in [6.07, 6.45) is -5.24. The van der Waals surface area contributed by atoms with Gasteiger partial charge in [-0.15, -0.1) is 0 Å². The lowest BCUT2D eigenvalue weighted by molar-refractivity contribution is -0.265. The van der Waals surface area contributed by atoms with Gasteiger partial charge in [0.1, 0.15) is 17.3 Å². The third-order valence-corrected chi connectivity index (χ3v) is 6.72. The molecule has 1 aromatic heterocycles. The van der Waals surface area contributed by atoms with Crippen molar-refractivity contribution in [1.29, 1.82) is 0 Å². The molecule has 39 heavy (non-hydrogen) atoms. The van der Waals surface area contributed by atoms with Gasteiger partial charge in [-0.3, -0.25) is 4.79 Å². The molecule has 1 atom stereocenters. The maximum atomic E-state index is 14.5. The number of carbonyl (C=O) groups excluding carboxylic acids is 1. The highest BCUT2D eigenvalue weighted by atomic mass is 19.4. The number of fused-ring (bicyclic) bond motifs is 2. The second kappa shape index (κ2) is 9.30. The minimum absolute atomic E-state index is 0.0163. The lowest BCUT2D eigenvalue weighted by Crippen LogP contribution is -2.51. The number of rotatable bonds is 6. The van der Waals surface area contributed by atoms with Crippen LogP contribution in [0.5, 0.6) is 23.0 Å². The van der Waals surface area contributed by atoms with Gasteiger partial charge in [0.25, 0.3) is 5.91 Å². The molecule has 2 N–H and O–H groups in total. The quantitative estimate of drug-likeness (QED) is 0.439. The van der Waals surface area contributed by atoms with Crippen LogP contribution >= 0.6 is 0 Å². The van der Waals surface area contributed by atoms with Crippen LogP contribution in [0.15, 0.2) is 42.5 Å². The molecule has 0 saturated heterocycles. The molecule has 0 saturated carbocycles. The van der Waals surface area contributed by atoms with Crippen molar-refractivity contribution >= 4 is 5.91 Å². The number of halogens is 4. The van der Waals surface area contributed by atoms with Gasteiger partial charge in [-0.25, -0.2) is 9.37 Å². The zero-order chi connectivity index (χ0) is 28.2. The molecule has 1 amide bonds. The summed E-state index contributed by atoms with van der Waals surface area (Å²) in [6, 6.07) is 8.73. The number of benzene rings is 2. The molecule has 12 heteroatoms. The molecule has 3 aromatic rings. The Morgan fingerprint density at radius 3 is 2.49 bits per heavy atom. The molecule has 0 unspecified atom stereocenters. The molecule has 2 aliphatic heterocycles. The van der Waals surface area contributed by atoms with E-state index in [1.807, 2.05) is 0 Å². The smallest absolute Gasteiger partial charge is 0.424 e. The van der Waals surface area contributed by atoms with Crippen LogP contribution in [0.4, 0.5) is 17.6 Å². The maximum Gasteiger partial charge on any atom is 0.424 e. The Morgan fingerprint density at radius 2 is 1.82 bits per heavy atom. The number of carbonyl (C=O) groups is 1. The summed E-state index contributed by atoms with van der Waals surface area (Å²) in [5, 5.41) is 13.3. The van der Waals surface area contributed by atoms with Crippen LogP contribution in [0.25, 0.3) is 11.3 Å². The van der Waals surface area contributed by atoms with Crippen molar-refractivity contribution in [2.24, 2.45) is 0 Å². The fourth-order valence-corrected chi connectivity index (χ4v) is 4.43. The molecule has 8 nitrogen and oxygen atoms in total. The number of aliphatic hydroxyl groups is 1. The zero-order valence-electron chi connectivity index (χ0n) is 21.1. The van der Waals surface area contributed by atoms with Crippen molar-refractivity contribution < 1.29 is 46.4 Å². The number of ether oxygens (including phenoxy) is 4. The highest BCUT2D eigenvalue weighted by molar-refractivity contribution is 5.95. The molecule has 0 radical (unpaired) electrons. The summed E-state index contributed by atoms with van der Waals surface area (Å²) in [4.78, 5) is 17.1. The Morgan fingerprint density at radius 1 is 1.10 bits per heavy atom. The summed E-state index contributed by atoms with van der Waals surface area (Å²) in [5.74, 6) is -0.595. The number of amides is 1. The van der Waals surface area contributed by atoms with Crippen molar-refractivity contribution in [1.82, 2.24) is 10.3 Å². The third kappa shape index (κ3) is 4.58. The van der Waals surface area contributed by atoms with E-state index < -0.39 is 41.2 Å². The van der Waals surface area contributed by atoms with E-state index in [9.17, 15) is 27.5 Å². The van der Waals surface area contributed by atoms with Crippen molar-refractivity contribution in [3.63, 3.8) is 0 Å². The Labute approximate surface area is 220 Å². The number of nitrogens with zero attached hydrogens (tertiary/aromatic N) is 1. The van der Waals surface area contributed by atoms with Crippen molar-refractivity contribution in [2.75, 3.05) is 27.1 Å². The van der Waals surface area contributed by atoms with Gasteiger partial charge >= 0.3 is 6.18 Å². The van der Waals surface area contributed by atoms with Gasteiger partial charge in [-0.2, -0.15) is 13.2 Å². The van der Waals surface area contributed by atoms with E-state index in [-0.39, 0.29) is 47.7 Å². The Kier molecular flexibility index (Phi) is 6.33. The van der Waals surface area contributed by atoms with Crippen molar-refractivity contribution in [3.8, 4) is 34.3 Å². The van der Waals surface area contributed by atoms with Crippen molar-refractivity contribution in [3.05, 3.63) is 65.1 Å². The van der Waals surface area contributed by atoms with Gasteiger partial charge < -0.3 is 29.4 Å². The predicted octanol–water partition coefficient (Wildman–Crippen LogP) is 4.47. The summed E-state index contributed by atoms with van der Waals surface area (Å²) in [7, 11) is 1.34. The fraction of sp³-hybridized carbons (Fsp3) is 0.333. The minimum Gasteiger partial charge on any atom is -0.493 e. The molecule has 0 bridgehead atoms. The van der Waals surface area contributed by atoms with Crippen LogP contribution in [0.3, 0.4) is 0 Å². The molecule has 0 spiro atoms. The maximum absolute atomic E-state index is 14.5. The lowest BCUT2D eigenvalue weighted by Gasteiger charge is -2.31.